The number of nitrogens with zero attached hydrogens (tertiary/aromatic N) is 2. The number of rotatable bonds is 2. The summed E-state index contributed by atoms with van der Waals surface area (Å²) >= 11 is 0. The van der Waals surface area contributed by atoms with Crippen LogP contribution < -0.4 is 5.43 Å². The van der Waals surface area contributed by atoms with Crippen LogP contribution in [-0.2, 0) is 4.79 Å². The lowest BCUT2D eigenvalue weighted by molar-refractivity contribution is -0.120. The molecule has 2 N–H and O–H groups in total. The number of aryl methyl sites for hydroxylation is 1. The standard InChI is InChI=1S/C13H18N4O2/c1-8-4-11(16-14-8)12(19)17-15-9-5-10(18)7-13(2,3)6-9/h4H,5-7H2,1-3H3,(H,14,16)(H,17,19). The minimum atomic E-state index is -0.368. The molecule has 19 heavy (non-hydrogen) atoms. The van der Waals surface area contributed by atoms with Gasteiger partial charge in [-0.05, 0) is 24.8 Å². The quantitative estimate of drug-likeness (QED) is 0.793. The van der Waals surface area contributed by atoms with Gasteiger partial charge in [-0.3, -0.25) is 14.7 Å². The number of ketones is 1. The molecule has 0 spiro atoms. The average Bonchev–Trinajstić information content (AvgIpc) is 2.70. The van der Waals surface area contributed by atoms with Crippen molar-refractivity contribution in [1.29, 1.82) is 0 Å². The number of aromatic nitrogens is 2. The van der Waals surface area contributed by atoms with Gasteiger partial charge in [0.2, 0.25) is 0 Å². The predicted octanol–water partition coefficient (Wildman–Crippen LogP) is 1.58. The van der Waals surface area contributed by atoms with Gasteiger partial charge >= 0.3 is 0 Å². The lowest BCUT2D eigenvalue weighted by Gasteiger charge is -2.28. The minimum absolute atomic E-state index is 0.0815. The number of hydrazone groups is 1. The maximum Gasteiger partial charge on any atom is 0.291 e. The minimum Gasteiger partial charge on any atom is -0.299 e. The summed E-state index contributed by atoms with van der Waals surface area (Å²) in [7, 11) is 0. The van der Waals surface area contributed by atoms with Crippen molar-refractivity contribution < 1.29 is 9.59 Å². The molecule has 0 radical (unpaired) electrons. The predicted molar refractivity (Wildman–Crippen MR) is 70.9 cm³/mol. The van der Waals surface area contributed by atoms with Crippen molar-refractivity contribution in [3.8, 4) is 0 Å². The van der Waals surface area contributed by atoms with Crippen molar-refractivity contribution in [1.82, 2.24) is 15.6 Å². The van der Waals surface area contributed by atoms with Gasteiger partial charge in [-0.2, -0.15) is 10.2 Å². The molecular formula is C13H18N4O2. The van der Waals surface area contributed by atoms with E-state index in [4.69, 9.17) is 0 Å². The number of hydrogen-bond donors (Lipinski definition) is 2. The summed E-state index contributed by atoms with van der Waals surface area (Å²) in [5.74, 6) is -0.201. The Labute approximate surface area is 111 Å². The van der Waals surface area contributed by atoms with Crippen LogP contribution in [0.5, 0.6) is 0 Å². The van der Waals surface area contributed by atoms with Crippen LogP contribution >= 0.6 is 0 Å². The molecule has 0 unspecified atom stereocenters. The maximum absolute atomic E-state index is 11.8. The van der Waals surface area contributed by atoms with E-state index in [-0.39, 0.29) is 17.1 Å². The molecule has 1 heterocycles. The van der Waals surface area contributed by atoms with E-state index < -0.39 is 0 Å². The molecule has 1 amide bonds. The molecule has 1 saturated carbocycles. The molecule has 1 aliphatic rings. The monoisotopic (exact) mass is 262 g/mol. The fraction of sp³-hybridized carbons (Fsp3) is 0.538. The number of amides is 1. The molecule has 0 bridgehead atoms. The number of hydrogen-bond acceptors (Lipinski definition) is 4. The molecule has 102 valence electrons. The van der Waals surface area contributed by atoms with Crippen LogP contribution in [0.4, 0.5) is 0 Å². The van der Waals surface area contributed by atoms with Crippen LogP contribution in [0.2, 0.25) is 0 Å². The summed E-state index contributed by atoms with van der Waals surface area (Å²) < 4.78 is 0. The molecule has 1 aliphatic carbocycles. The molecule has 1 aromatic heterocycles. The van der Waals surface area contributed by atoms with Crippen molar-refractivity contribution in [2.75, 3.05) is 0 Å². The summed E-state index contributed by atoms with van der Waals surface area (Å²) in [6, 6.07) is 1.64. The van der Waals surface area contributed by atoms with Gasteiger partial charge in [0, 0.05) is 24.2 Å². The lowest BCUT2D eigenvalue weighted by atomic mass is 9.76. The molecular weight excluding hydrogens is 244 g/mol. The van der Waals surface area contributed by atoms with Crippen molar-refractivity contribution in [3.05, 3.63) is 17.5 Å². The smallest absolute Gasteiger partial charge is 0.291 e. The van der Waals surface area contributed by atoms with Gasteiger partial charge in [0.05, 0.1) is 0 Å². The number of carbonyl (C=O) groups is 2. The highest BCUT2D eigenvalue weighted by atomic mass is 16.2. The fourth-order valence-electron chi connectivity index (χ4n) is 2.30. The van der Waals surface area contributed by atoms with E-state index in [0.29, 0.717) is 18.5 Å². The topological polar surface area (TPSA) is 87.2 Å². The first kappa shape index (κ1) is 13.5. The Hall–Kier alpha value is -1.98. The van der Waals surface area contributed by atoms with Crippen molar-refractivity contribution >= 4 is 17.4 Å². The molecule has 0 aliphatic heterocycles. The van der Waals surface area contributed by atoms with Gasteiger partial charge in [0.15, 0.2) is 5.69 Å². The van der Waals surface area contributed by atoms with Gasteiger partial charge < -0.3 is 0 Å². The third-order valence-electron chi connectivity index (χ3n) is 3.01. The van der Waals surface area contributed by atoms with E-state index in [0.717, 1.165) is 17.8 Å². The molecule has 6 nitrogen and oxygen atoms in total. The summed E-state index contributed by atoms with van der Waals surface area (Å²) in [6.07, 6.45) is 1.61. The Morgan fingerprint density at radius 1 is 1.47 bits per heavy atom. The van der Waals surface area contributed by atoms with Crippen molar-refractivity contribution in [2.24, 2.45) is 10.5 Å². The fourth-order valence-corrected chi connectivity index (χ4v) is 2.30. The molecule has 1 fully saturated rings. The van der Waals surface area contributed by atoms with Gasteiger partial charge in [0.1, 0.15) is 5.78 Å². The van der Waals surface area contributed by atoms with E-state index >= 15 is 0 Å². The van der Waals surface area contributed by atoms with Gasteiger partial charge in [-0.25, -0.2) is 5.43 Å². The number of nitrogens with one attached hydrogen (secondary N) is 2. The zero-order valence-corrected chi connectivity index (χ0v) is 11.4. The second-order valence-electron chi connectivity index (χ2n) is 5.79. The Bertz CT molecular complexity index is 543. The Kier molecular flexibility index (Phi) is 3.50. The molecule has 1 aromatic rings. The lowest BCUT2D eigenvalue weighted by Crippen LogP contribution is -2.31. The first-order valence-electron chi connectivity index (χ1n) is 6.25. The highest BCUT2D eigenvalue weighted by Crippen LogP contribution is 2.31. The Morgan fingerprint density at radius 2 is 2.21 bits per heavy atom. The molecule has 2 rings (SSSR count). The first-order chi connectivity index (χ1) is 8.85. The summed E-state index contributed by atoms with van der Waals surface area (Å²) in [5, 5.41) is 10.6. The van der Waals surface area contributed by atoms with Crippen LogP contribution in [0.25, 0.3) is 0 Å². The normalized spacial score (nSPS) is 20.6. The van der Waals surface area contributed by atoms with Crippen LogP contribution in [0.1, 0.15) is 49.3 Å². The van der Waals surface area contributed by atoms with E-state index in [1.165, 1.54) is 0 Å². The highest BCUT2D eigenvalue weighted by Gasteiger charge is 2.30. The molecule has 6 heteroatoms. The Morgan fingerprint density at radius 3 is 2.79 bits per heavy atom. The SMILES string of the molecule is Cc1cc(C(=O)NN=C2CC(=O)CC(C)(C)C2)n[nH]1. The van der Waals surface area contributed by atoms with E-state index in [2.05, 4.69) is 20.7 Å². The maximum atomic E-state index is 11.8. The van der Waals surface area contributed by atoms with E-state index in [1.807, 2.05) is 20.8 Å². The van der Waals surface area contributed by atoms with Crippen LogP contribution in [0, 0.1) is 12.3 Å². The summed E-state index contributed by atoms with van der Waals surface area (Å²) in [6.45, 7) is 5.87. The zero-order valence-electron chi connectivity index (χ0n) is 11.4. The Balaban J connectivity index is 2.02. The van der Waals surface area contributed by atoms with Crippen molar-refractivity contribution in [3.63, 3.8) is 0 Å². The molecule has 0 saturated heterocycles. The number of carbonyl (C=O) groups excluding carboxylic acids is 2. The van der Waals surface area contributed by atoms with Crippen LogP contribution in [0.15, 0.2) is 11.2 Å². The number of aromatic amines is 1. The van der Waals surface area contributed by atoms with Gasteiger partial charge in [-0.15, -0.1) is 0 Å². The number of Topliss-reactive ketones (excluding diaryl/α,β-unsaturated/α-hetero) is 1. The highest BCUT2D eigenvalue weighted by molar-refractivity contribution is 6.05. The second kappa shape index (κ2) is 4.95. The average molecular weight is 262 g/mol. The summed E-state index contributed by atoms with van der Waals surface area (Å²) in [4.78, 5) is 23.4. The largest absolute Gasteiger partial charge is 0.299 e. The zero-order chi connectivity index (χ0) is 14.0. The van der Waals surface area contributed by atoms with Crippen LogP contribution in [0.3, 0.4) is 0 Å². The van der Waals surface area contributed by atoms with E-state index in [1.54, 1.807) is 6.07 Å². The molecule has 0 aromatic carbocycles. The first-order valence-corrected chi connectivity index (χ1v) is 6.25. The van der Waals surface area contributed by atoms with Gasteiger partial charge in [-0.1, -0.05) is 13.8 Å². The van der Waals surface area contributed by atoms with Gasteiger partial charge in [0.25, 0.3) is 5.91 Å². The number of H-pyrrole nitrogens is 1. The molecule has 0 atom stereocenters. The van der Waals surface area contributed by atoms with Crippen molar-refractivity contribution in [2.45, 2.75) is 40.0 Å². The second-order valence-corrected chi connectivity index (χ2v) is 5.79. The van der Waals surface area contributed by atoms with E-state index in [9.17, 15) is 9.59 Å². The summed E-state index contributed by atoms with van der Waals surface area (Å²) in [5.41, 5.74) is 4.20. The third-order valence-corrected chi connectivity index (χ3v) is 3.01. The van der Waals surface area contributed by atoms with Crippen LogP contribution in [-0.4, -0.2) is 27.6 Å². The third kappa shape index (κ3) is 3.49.